The molecule has 0 aliphatic carbocycles. The van der Waals surface area contributed by atoms with Crippen LogP contribution in [0.15, 0.2) is 66.7 Å². The summed E-state index contributed by atoms with van der Waals surface area (Å²) in [4.78, 5) is 13.7. The highest BCUT2D eigenvalue weighted by Crippen LogP contribution is 2.50. The summed E-state index contributed by atoms with van der Waals surface area (Å²) in [5.41, 5.74) is 3.43. The average Bonchev–Trinajstić information content (AvgIpc) is 2.97. The van der Waals surface area contributed by atoms with Gasteiger partial charge in [-0.1, -0.05) is 41.9 Å². The lowest BCUT2D eigenvalue weighted by Crippen LogP contribution is -2.48. The first-order chi connectivity index (χ1) is 20.2. The molecule has 1 fully saturated rings. The van der Waals surface area contributed by atoms with Gasteiger partial charge in [0.2, 0.25) is 0 Å². The molecule has 9 nitrogen and oxygen atoms in total. The zero-order chi connectivity index (χ0) is 30.1. The Balaban J connectivity index is 1.54. The van der Waals surface area contributed by atoms with Crippen LogP contribution >= 0.6 is 22.4 Å². The van der Waals surface area contributed by atoms with Crippen molar-refractivity contribution in [3.05, 3.63) is 88.4 Å². The molecule has 1 aliphatic heterocycles. The van der Waals surface area contributed by atoms with Crippen molar-refractivity contribution in [1.82, 2.24) is 10.6 Å². The number of aliphatic hydroxyl groups excluding tert-OH is 1. The number of nitrogens with one attached hydrogen (secondary N) is 3. The summed E-state index contributed by atoms with van der Waals surface area (Å²) in [7, 11) is -1.35. The smallest absolute Gasteiger partial charge is 0.251 e. The Morgan fingerprint density at radius 2 is 1.90 bits per heavy atom. The van der Waals surface area contributed by atoms with E-state index in [2.05, 4.69) is 16.0 Å². The summed E-state index contributed by atoms with van der Waals surface area (Å²) in [6.07, 6.45) is 0.964. The Morgan fingerprint density at radius 1 is 1.10 bits per heavy atom. The minimum absolute atomic E-state index is 0.226. The van der Waals surface area contributed by atoms with Crippen molar-refractivity contribution in [2.75, 3.05) is 42.1 Å². The van der Waals surface area contributed by atoms with Gasteiger partial charge in [0.05, 0.1) is 30.7 Å². The summed E-state index contributed by atoms with van der Waals surface area (Å²) in [5, 5.41) is 21.4. The van der Waals surface area contributed by atoms with Gasteiger partial charge in [0, 0.05) is 42.5 Å². The molecule has 0 spiro atoms. The van der Waals surface area contributed by atoms with Gasteiger partial charge in [0.25, 0.3) is 5.91 Å². The summed E-state index contributed by atoms with van der Waals surface area (Å²) in [5.74, 6) is 0.673. The summed E-state index contributed by atoms with van der Waals surface area (Å²) in [6.45, 7) is 3.82. The third-order valence-corrected chi connectivity index (χ3v) is 9.53. The van der Waals surface area contributed by atoms with Crippen molar-refractivity contribution in [2.24, 2.45) is 0 Å². The Morgan fingerprint density at radius 3 is 2.64 bits per heavy atom. The number of ether oxygens (including phenoxy) is 1. The van der Waals surface area contributed by atoms with Gasteiger partial charge < -0.3 is 25.8 Å². The van der Waals surface area contributed by atoms with Crippen molar-refractivity contribution in [1.29, 1.82) is 0 Å². The molecule has 0 saturated carbocycles. The van der Waals surface area contributed by atoms with Crippen LogP contribution in [-0.4, -0.2) is 64.8 Å². The highest BCUT2D eigenvalue weighted by Gasteiger charge is 2.29. The monoisotopic (exact) mass is 616 g/mol. The van der Waals surface area contributed by atoms with Crippen molar-refractivity contribution < 1.29 is 23.7 Å². The number of halogens is 1. The van der Waals surface area contributed by atoms with Gasteiger partial charge in [-0.2, -0.15) is 0 Å². The molecule has 1 heterocycles. The van der Waals surface area contributed by atoms with Crippen LogP contribution in [0.5, 0.6) is 5.75 Å². The first kappa shape index (κ1) is 31.9. The Kier molecular flexibility index (Phi) is 11.4. The maximum atomic E-state index is 13.7. The fourth-order valence-corrected chi connectivity index (χ4v) is 6.91. The number of aliphatic hydroxyl groups is 1. The van der Waals surface area contributed by atoms with Crippen LogP contribution in [0, 0.1) is 0 Å². The van der Waals surface area contributed by atoms with E-state index in [1.54, 1.807) is 29.6 Å². The van der Waals surface area contributed by atoms with E-state index < -0.39 is 22.9 Å². The predicted octanol–water partition coefficient (Wildman–Crippen LogP) is 5.54. The Hall–Kier alpha value is -2.99. The van der Waals surface area contributed by atoms with Crippen LogP contribution in [0.4, 0.5) is 11.4 Å². The number of nitrogens with zero attached hydrogens (tertiary/aromatic N) is 1. The molecule has 0 radical (unpaired) electrons. The van der Waals surface area contributed by atoms with E-state index in [0.29, 0.717) is 53.8 Å². The van der Waals surface area contributed by atoms with Crippen LogP contribution < -0.4 is 25.0 Å². The van der Waals surface area contributed by atoms with Crippen molar-refractivity contribution in [2.45, 2.75) is 44.9 Å². The summed E-state index contributed by atoms with van der Waals surface area (Å²) < 4.78 is 28.3. The average molecular weight is 617 g/mol. The molecular weight excluding hydrogens is 576 g/mol. The lowest BCUT2D eigenvalue weighted by molar-refractivity contribution is 0.0830. The van der Waals surface area contributed by atoms with Crippen LogP contribution in [0.1, 0.15) is 41.3 Å². The number of methoxy groups -OCH3 is 1. The molecule has 42 heavy (non-hydrogen) atoms. The van der Waals surface area contributed by atoms with Crippen molar-refractivity contribution in [3.8, 4) is 5.75 Å². The quantitative estimate of drug-likeness (QED) is 0.148. The molecular formula is C31H41ClN4O5S. The van der Waals surface area contributed by atoms with E-state index in [9.17, 15) is 19.0 Å². The second-order valence-electron chi connectivity index (χ2n) is 10.4. The number of carbonyl (C=O) groups is 1. The molecule has 0 bridgehead atoms. The third kappa shape index (κ3) is 8.53. The SMILES string of the molecule is CCNc1cc(C(=O)NC(Cc2ccccc2Cl)C(O)CNCc2cccc(OC)c2)cc(N2CCCCS2(O)O)c1. The molecule has 11 heteroatoms. The molecule has 3 aromatic rings. The van der Waals surface area contributed by atoms with E-state index in [4.69, 9.17) is 16.3 Å². The van der Waals surface area contributed by atoms with Gasteiger partial charge in [-0.3, -0.25) is 18.2 Å². The number of anilines is 2. The molecule has 2 unspecified atom stereocenters. The molecule has 2 atom stereocenters. The normalized spacial score (nSPS) is 16.8. The van der Waals surface area contributed by atoms with Crippen LogP contribution in [0.3, 0.4) is 0 Å². The van der Waals surface area contributed by atoms with Crippen LogP contribution in [0.25, 0.3) is 0 Å². The molecule has 228 valence electrons. The van der Waals surface area contributed by atoms with Gasteiger partial charge in [-0.15, -0.1) is 10.8 Å². The fraction of sp³-hybridized carbons (Fsp3) is 0.387. The molecule has 1 amide bonds. The molecule has 3 aromatic carbocycles. The summed E-state index contributed by atoms with van der Waals surface area (Å²) >= 11 is 6.45. The number of benzene rings is 3. The number of rotatable bonds is 13. The number of amides is 1. The van der Waals surface area contributed by atoms with E-state index in [-0.39, 0.29) is 12.5 Å². The predicted molar refractivity (Wildman–Crippen MR) is 172 cm³/mol. The minimum atomic E-state index is -2.97. The van der Waals surface area contributed by atoms with Crippen LogP contribution in [-0.2, 0) is 13.0 Å². The first-order valence-corrected chi connectivity index (χ1v) is 16.2. The van der Waals surface area contributed by atoms with E-state index in [0.717, 1.165) is 29.7 Å². The standard InChI is InChI=1S/C31H41ClN4O5S/c1-3-34-25-16-24(17-26(19-25)36-13-6-7-14-42(36,39)40)31(38)35-29(18-23-10-4-5-12-28(23)32)30(37)21-33-20-22-9-8-11-27(15-22)41-2/h4-5,8-12,15-17,19,29-30,33-34,37,39-40H,3,6-7,13-14,18,20-21H2,1-2H3,(H,35,38). The third-order valence-electron chi connectivity index (χ3n) is 7.23. The lowest BCUT2D eigenvalue weighted by Gasteiger charge is -2.47. The molecule has 1 aliphatic rings. The number of hydrogen-bond acceptors (Lipinski definition) is 8. The maximum absolute atomic E-state index is 13.7. The second kappa shape index (κ2) is 15.0. The first-order valence-electron chi connectivity index (χ1n) is 14.2. The second-order valence-corrected chi connectivity index (χ2v) is 12.9. The highest BCUT2D eigenvalue weighted by atomic mass is 35.5. The Labute approximate surface area is 254 Å². The molecule has 4 rings (SSSR count). The largest absolute Gasteiger partial charge is 0.497 e. The zero-order valence-corrected chi connectivity index (χ0v) is 25.6. The van der Waals surface area contributed by atoms with Gasteiger partial charge >= 0.3 is 0 Å². The van der Waals surface area contributed by atoms with E-state index in [1.807, 2.05) is 55.5 Å². The zero-order valence-electron chi connectivity index (χ0n) is 24.1. The van der Waals surface area contributed by atoms with Crippen molar-refractivity contribution in [3.63, 3.8) is 0 Å². The number of hydrogen-bond donors (Lipinski definition) is 6. The van der Waals surface area contributed by atoms with Gasteiger partial charge in [-0.05, 0) is 73.7 Å². The van der Waals surface area contributed by atoms with E-state index in [1.165, 1.54) is 0 Å². The fourth-order valence-electron chi connectivity index (χ4n) is 5.02. The Bertz CT molecular complexity index is 1340. The van der Waals surface area contributed by atoms with Gasteiger partial charge in [0.1, 0.15) is 5.75 Å². The van der Waals surface area contributed by atoms with Gasteiger partial charge in [-0.25, -0.2) is 0 Å². The molecule has 6 N–H and O–H groups in total. The topological polar surface area (TPSA) is 126 Å². The maximum Gasteiger partial charge on any atom is 0.251 e. The highest BCUT2D eigenvalue weighted by molar-refractivity contribution is 8.25. The molecule has 0 aromatic heterocycles. The summed E-state index contributed by atoms with van der Waals surface area (Å²) in [6, 6.07) is 19.6. The van der Waals surface area contributed by atoms with Crippen LogP contribution in [0.2, 0.25) is 5.02 Å². The van der Waals surface area contributed by atoms with Gasteiger partial charge in [0.15, 0.2) is 0 Å². The van der Waals surface area contributed by atoms with Crippen molar-refractivity contribution >= 4 is 39.7 Å². The van der Waals surface area contributed by atoms with E-state index >= 15 is 0 Å². The minimum Gasteiger partial charge on any atom is -0.497 e. The lowest BCUT2D eigenvalue weighted by atomic mass is 10.00. The molecule has 1 saturated heterocycles. The number of carbonyl (C=O) groups excluding carboxylic acids is 1.